The lowest BCUT2D eigenvalue weighted by atomic mass is 10.1. The zero-order valence-corrected chi connectivity index (χ0v) is 9.91. The van der Waals surface area contributed by atoms with Crippen molar-refractivity contribution >= 4 is 11.6 Å². The molecule has 1 aromatic rings. The topological polar surface area (TPSA) is 29.0 Å². The van der Waals surface area contributed by atoms with E-state index in [1.54, 1.807) is 6.20 Å². The van der Waals surface area contributed by atoms with Crippen LogP contribution in [0, 0.1) is 5.92 Å². The maximum Gasteiger partial charge on any atom is 0.222 e. The van der Waals surface area contributed by atoms with Crippen molar-refractivity contribution in [3.05, 3.63) is 23.2 Å². The van der Waals surface area contributed by atoms with Gasteiger partial charge >= 0.3 is 0 Å². The van der Waals surface area contributed by atoms with Crippen molar-refractivity contribution in [3.8, 4) is 0 Å². The van der Waals surface area contributed by atoms with E-state index in [-0.39, 0.29) is 0 Å². The predicted octanol–water partition coefficient (Wildman–Crippen LogP) is 2.36. The first-order valence-corrected chi connectivity index (χ1v) is 5.74. The molecule has 1 aliphatic heterocycles. The number of likely N-dealkylation sites (tertiary alicyclic amines) is 1. The van der Waals surface area contributed by atoms with Crippen LogP contribution in [0.4, 0.5) is 0 Å². The highest BCUT2D eigenvalue weighted by molar-refractivity contribution is 6.28. The fraction of sp³-hybridized carbons (Fsp3) is 0.636. The van der Waals surface area contributed by atoms with Gasteiger partial charge in [-0.3, -0.25) is 4.90 Å². The Kier molecular flexibility index (Phi) is 3.22. The molecule has 0 N–H and O–H groups in total. The van der Waals surface area contributed by atoms with Gasteiger partial charge in [-0.05, 0) is 36.9 Å². The summed E-state index contributed by atoms with van der Waals surface area (Å²) in [6.45, 7) is 6.60. The van der Waals surface area contributed by atoms with Crippen molar-refractivity contribution in [1.82, 2.24) is 14.9 Å². The molecule has 1 fully saturated rings. The molecule has 1 aromatic heterocycles. The molecule has 0 radical (unpaired) electrons. The largest absolute Gasteiger partial charge is 0.295 e. The summed E-state index contributed by atoms with van der Waals surface area (Å²) >= 11 is 5.75. The van der Waals surface area contributed by atoms with Crippen molar-refractivity contribution < 1.29 is 0 Å². The molecule has 0 aliphatic carbocycles. The van der Waals surface area contributed by atoms with Crippen LogP contribution in [0.25, 0.3) is 0 Å². The van der Waals surface area contributed by atoms with Crippen molar-refractivity contribution in [2.24, 2.45) is 5.92 Å². The molecule has 2 rings (SSSR count). The lowest BCUT2D eigenvalue weighted by Gasteiger charge is -2.20. The van der Waals surface area contributed by atoms with E-state index in [0.29, 0.717) is 11.3 Å². The number of rotatable bonds is 2. The Morgan fingerprint density at radius 3 is 2.93 bits per heavy atom. The molecule has 82 valence electrons. The first-order valence-electron chi connectivity index (χ1n) is 5.36. The van der Waals surface area contributed by atoms with Crippen LogP contribution in [0.3, 0.4) is 0 Å². The predicted molar refractivity (Wildman–Crippen MR) is 60.7 cm³/mol. The van der Waals surface area contributed by atoms with E-state index in [9.17, 15) is 0 Å². The summed E-state index contributed by atoms with van der Waals surface area (Å²) in [6, 6.07) is 2.58. The first kappa shape index (κ1) is 10.8. The molecule has 3 nitrogen and oxygen atoms in total. The fourth-order valence-electron chi connectivity index (χ4n) is 2.27. The van der Waals surface area contributed by atoms with E-state index in [1.807, 2.05) is 6.07 Å². The van der Waals surface area contributed by atoms with Crippen LogP contribution in [-0.4, -0.2) is 27.5 Å². The maximum absolute atomic E-state index is 5.75. The third kappa shape index (κ3) is 2.67. The smallest absolute Gasteiger partial charge is 0.222 e. The quantitative estimate of drug-likeness (QED) is 0.724. The van der Waals surface area contributed by atoms with Gasteiger partial charge in [0.2, 0.25) is 5.28 Å². The van der Waals surface area contributed by atoms with Crippen LogP contribution in [0.1, 0.15) is 26.0 Å². The normalized spacial score (nSPS) is 27.1. The SMILES string of the molecule is CC1CC(C)N(Cc2ccnc(Cl)n2)C1. The minimum Gasteiger partial charge on any atom is -0.295 e. The Balaban J connectivity index is 2.03. The van der Waals surface area contributed by atoms with Crippen molar-refractivity contribution in [2.45, 2.75) is 32.9 Å². The molecule has 15 heavy (non-hydrogen) atoms. The van der Waals surface area contributed by atoms with Crippen molar-refractivity contribution in [1.29, 1.82) is 0 Å². The molecule has 2 atom stereocenters. The highest BCUT2D eigenvalue weighted by Crippen LogP contribution is 2.23. The Bertz CT molecular complexity index is 342. The summed E-state index contributed by atoms with van der Waals surface area (Å²) in [7, 11) is 0. The molecule has 2 heterocycles. The molecule has 2 unspecified atom stereocenters. The van der Waals surface area contributed by atoms with Crippen LogP contribution >= 0.6 is 11.6 Å². The fourth-order valence-corrected chi connectivity index (χ4v) is 2.44. The summed E-state index contributed by atoms with van der Waals surface area (Å²) in [5, 5.41) is 0.340. The highest BCUT2D eigenvalue weighted by atomic mass is 35.5. The van der Waals surface area contributed by atoms with Gasteiger partial charge in [-0.2, -0.15) is 0 Å². The van der Waals surface area contributed by atoms with Gasteiger partial charge in [0.15, 0.2) is 0 Å². The molecule has 0 amide bonds. The van der Waals surface area contributed by atoms with Crippen LogP contribution in [0.15, 0.2) is 12.3 Å². The number of aromatic nitrogens is 2. The van der Waals surface area contributed by atoms with Crippen LogP contribution in [0.5, 0.6) is 0 Å². The van der Waals surface area contributed by atoms with Gasteiger partial charge in [0, 0.05) is 25.3 Å². The summed E-state index contributed by atoms with van der Waals surface area (Å²) in [5.74, 6) is 0.789. The third-order valence-electron chi connectivity index (χ3n) is 2.96. The second-order valence-corrected chi connectivity index (χ2v) is 4.77. The Hall–Kier alpha value is -0.670. The molecular formula is C11H16ClN3. The number of hydrogen-bond donors (Lipinski definition) is 0. The van der Waals surface area contributed by atoms with Gasteiger partial charge in [-0.25, -0.2) is 9.97 Å². The summed E-state index contributed by atoms with van der Waals surface area (Å²) in [4.78, 5) is 10.5. The molecule has 0 bridgehead atoms. The standard InChI is InChI=1S/C11H16ClN3/c1-8-5-9(2)15(6-8)7-10-3-4-13-11(12)14-10/h3-4,8-9H,5-7H2,1-2H3. The zero-order valence-electron chi connectivity index (χ0n) is 9.15. The Labute approximate surface area is 95.5 Å². The van der Waals surface area contributed by atoms with Gasteiger partial charge in [0.1, 0.15) is 0 Å². The zero-order chi connectivity index (χ0) is 10.8. The molecule has 1 aliphatic rings. The third-order valence-corrected chi connectivity index (χ3v) is 3.14. The second-order valence-electron chi connectivity index (χ2n) is 4.44. The Morgan fingerprint density at radius 2 is 2.33 bits per heavy atom. The van der Waals surface area contributed by atoms with E-state index in [4.69, 9.17) is 11.6 Å². The van der Waals surface area contributed by atoms with Gasteiger partial charge in [0.25, 0.3) is 0 Å². The monoisotopic (exact) mass is 225 g/mol. The highest BCUT2D eigenvalue weighted by Gasteiger charge is 2.26. The van der Waals surface area contributed by atoms with Crippen LogP contribution in [0.2, 0.25) is 5.28 Å². The summed E-state index contributed by atoms with van der Waals surface area (Å²) in [6.07, 6.45) is 2.99. The van der Waals surface area contributed by atoms with Crippen LogP contribution in [-0.2, 0) is 6.54 Å². The Morgan fingerprint density at radius 1 is 1.53 bits per heavy atom. The minimum absolute atomic E-state index is 0.340. The van der Waals surface area contributed by atoms with Crippen molar-refractivity contribution in [3.63, 3.8) is 0 Å². The van der Waals surface area contributed by atoms with E-state index >= 15 is 0 Å². The van der Waals surface area contributed by atoms with Gasteiger partial charge in [-0.1, -0.05) is 6.92 Å². The van der Waals surface area contributed by atoms with Crippen molar-refractivity contribution in [2.75, 3.05) is 6.54 Å². The number of nitrogens with zero attached hydrogens (tertiary/aromatic N) is 3. The van der Waals surface area contributed by atoms with E-state index in [0.717, 1.165) is 24.7 Å². The molecule has 0 spiro atoms. The summed E-state index contributed by atoms with van der Waals surface area (Å²) in [5.41, 5.74) is 1.01. The molecule has 4 heteroatoms. The second kappa shape index (κ2) is 4.45. The average molecular weight is 226 g/mol. The lowest BCUT2D eigenvalue weighted by Crippen LogP contribution is -2.27. The molecular weight excluding hydrogens is 210 g/mol. The molecule has 0 aromatic carbocycles. The lowest BCUT2D eigenvalue weighted by molar-refractivity contribution is 0.253. The van der Waals surface area contributed by atoms with Gasteiger partial charge < -0.3 is 0 Å². The van der Waals surface area contributed by atoms with Crippen LogP contribution < -0.4 is 0 Å². The number of halogens is 1. The van der Waals surface area contributed by atoms with Gasteiger partial charge in [-0.15, -0.1) is 0 Å². The summed E-state index contributed by atoms with van der Waals surface area (Å²) < 4.78 is 0. The number of hydrogen-bond acceptors (Lipinski definition) is 3. The molecule has 0 saturated carbocycles. The molecule has 1 saturated heterocycles. The minimum atomic E-state index is 0.340. The van der Waals surface area contributed by atoms with E-state index in [2.05, 4.69) is 28.7 Å². The van der Waals surface area contributed by atoms with E-state index in [1.165, 1.54) is 6.42 Å². The first-order chi connectivity index (χ1) is 7.15. The average Bonchev–Trinajstić information content (AvgIpc) is 2.45. The maximum atomic E-state index is 5.75. The van der Waals surface area contributed by atoms with Gasteiger partial charge in [0.05, 0.1) is 5.69 Å². The van der Waals surface area contributed by atoms with E-state index < -0.39 is 0 Å².